The first-order chi connectivity index (χ1) is 21.1. The van der Waals surface area contributed by atoms with Crippen molar-refractivity contribution in [2.24, 2.45) is 0 Å². The molecule has 1 aliphatic heterocycles. The number of halogens is 5. The van der Waals surface area contributed by atoms with Crippen LogP contribution in [0.1, 0.15) is 23.3 Å². The second-order valence-corrected chi connectivity index (χ2v) is 15.7. The molecule has 3 aromatic rings. The molecule has 1 fully saturated rings. The van der Waals surface area contributed by atoms with Gasteiger partial charge in [0.05, 0.1) is 40.5 Å². The molecule has 4 rings (SSSR count). The molecular weight excluding hydrogens is 634 g/mol. The summed E-state index contributed by atoms with van der Waals surface area (Å²) in [6.45, 7) is 1.37. The lowest BCUT2D eigenvalue weighted by atomic mass is 10.0. The van der Waals surface area contributed by atoms with E-state index < -0.39 is 26.4 Å². The van der Waals surface area contributed by atoms with E-state index in [1.165, 1.54) is 36.8 Å². The Bertz CT molecular complexity index is 1620. The summed E-state index contributed by atoms with van der Waals surface area (Å²) in [5.41, 5.74) is 0.980. The smallest absolute Gasteiger partial charge is 0.393 e. The Labute approximate surface area is 263 Å². The molecule has 0 bridgehead atoms. The fraction of sp³-hybridized carbons (Fsp3) is 0.452. The molecule has 2 aromatic carbocycles. The summed E-state index contributed by atoms with van der Waals surface area (Å²) in [5, 5.41) is 7.18. The van der Waals surface area contributed by atoms with E-state index in [-0.39, 0.29) is 40.4 Å². The van der Waals surface area contributed by atoms with Gasteiger partial charge in [0.25, 0.3) is 0 Å². The third-order valence-corrected chi connectivity index (χ3v) is 9.94. The van der Waals surface area contributed by atoms with Crippen LogP contribution in [-0.4, -0.2) is 88.1 Å². The van der Waals surface area contributed by atoms with Gasteiger partial charge in [-0.3, -0.25) is 4.79 Å². The number of thiophene rings is 1. The predicted molar refractivity (Wildman–Crippen MR) is 171 cm³/mol. The van der Waals surface area contributed by atoms with Crippen molar-refractivity contribution in [1.82, 2.24) is 9.80 Å². The minimum Gasteiger partial charge on any atom is -0.433 e. The largest absolute Gasteiger partial charge is 0.433 e. The molecule has 1 aromatic heterocycles. The lowest BCUT2D eigenvalue weighted by molar-refractivity contribution is -0.132. The number of likely N-dealkylation sites (N-methyl/N-ethyl adjacent to an activating group) is 1. The highest BCUT2D eigenvalue weighted by Crippen LogP contribution is 2.40. The molecule has 0 unspecified atom stereocenters. The molecular formula is C31H36F5N4O3PS. The summed E-state index contributed by atoms with van der Waals surface area (Å²) in [6.07, 6.45) is -4.19. The summed E-state index contributed by atoms with van der Waals surface area (Å²) < 4.78 is 84.7. The number of nitrogens with zero attached hydrogens (tertiary/aromatic N) is 2. The van der Waals surface area contributed by atoms with Crippen molar-refractivity contribution in [3.8, 4) is 17.6 Å². The Balaban J connectivity index is 1.54. The van der Waals surface area contributed by atoms with Crippen molar-refractivity contribution in [2.45, 2.75) is 38.1 Å². The number of benzene rings is 2. The number of hydrogen-bond acceptors (Lipinski definition) is 7. The van der Waals surface area contributed by atoms with Gasteiger partial charge in [0, 0.05) is 24.4 Å². The number of carbonyl (C=O) groups excluding carboxylic acids is 1. The van der Waals surface area contributed by atoms with Crippen LogP contribution < -0.4 is 20.7 Å². The Morgan fingerprint density at radius 2 is 1.87 bits per heavy atom. The number of piperidine rings is 1. The van der Waals surface area contributed by atoms with Crippen molar-refractivity contribution in [1.29, 1.82) is 0 Å². The standard InChI is InChI=1S/C31H36F5N4O3PS/c1-39(2)19-28(41)40-15-12-20(13-16-40)38-25-8-5-7-22-23(18-31(34,35)36)27(45-29(22)25)9-6-14-37-24-11-10-21(44(3,4)42)17-26(24)43-30(32)33/h5,7-8,10-11,17,20,30,37-38H,12-16,18-19H2,1-4H3. The number of amides is 1. The normalized spacial score (nSPS) is 14.5. The average Bonchev–Trinajstić information content (AvgIpc) is 3.27. The number of hydrogen-bond donors (Lipinski definition) is 2. The van der Waals surface area contributed by atoms with Crippen LogP contribution in [-0.2, 0) is 15.8 Å². The Kier molecular flexibility index (Phi) is 11.1. The molecule has 2 heterocycles. The van der Waals surface area contributed by atoms with Gasteiger partial charge in [0.2, 0.25) is 5.91 Å². The van der Waals surface area contributed by atoms with Crippen LogP contribution in [0.5, 0.6) is 5.75 Å². The highest BCUT2D eigenvalue weighted by Gasteiger charge is 2.31. The number of likely N-dealkylation sites (tertiary alicyclic amines) is 1. The summed E-state index contributed by atoms with van der Waals surface area (Å²) in [5.74, 6) is 5.54. The summed E-state index contributed by atoms with van der Waals surface area (Å²) >= 11 is 1.17. The third kappa shape index (κ3) is 9.58. The van der Waals surface area contributed by atoms with E-state index in [0.717, 1.165) is 0 Å². The Morgan fingerprint density at radius 3 is 2.49 bits per heavy atom. The monoisotopic (exact) mass is 670 g/mol. The summed E-state index contributed by atoms with van der Waals surface area (Å²) in [7, 11) is 0.945. The molecule has 14 heteroatoms. The lowest BCUT2D eigenvalue weighted by Crippen LogP contribution is -2.45. The quantitative estimate of drug-likeness (QED) is 0.150. The number of anilines is 2. The van der Waals surface area contributed by atoms with Gasteiger partial charge in [-0.25, -0.2) is 0 Å². The maximum atomic E-state index is 13.7. The minimum absolute atomic E-state index is 0.0521. The fourth-order valence-electron chi connectivity index (χ4n) is 5.07. The fourth-order valence-corrected chi connectivity index (χ4v) is 7.11. The van der Waals surface area contributed by atoms with E-state index in [9.17, 15) is 31.3 Å². The SMILES string of the molecule is CN(C)CC(=O)N1CCC(Nc2cccc3c(CC(F)(F)F)c(C#CCNc4ccc(P(C)(C)=O)cc4OC(F)F)sc23)CC1. The summed E-state index contributed by atoms with van der Waals surface area (Å²) in [6, 6.07) is 9.54. The molecule has 1 amide bonds. The molecule has 1 saturated heterocycles. The molecule has 0 atom stereocenters. The predicted octanol–water partition coefficient (Wildman–Crippen LogP) is 6.28. The second-order valence-electron chi connectivity index (χ2n) is 11.5. The lowest BCUT2D eigenvalue weighted by Gasteiger charge is -2.33. The van der Waals surface area contributed by atoms with Gasteiger partial charge in [0.1, 0.15) is 12.9 Å². The topological polar surface area (TPSA) is 73.9 Å². The first kappa shape index (κ1) is 34.5. The molecule has 244 valence electrons. The summed E-state index contributed by atoms with van der Waals surface area (Å²) in [4.78, 5) is 16.3. The van der Waals surface area contributed by atoms with Crippen LogP contribution in [0.3, 0.4) is 0 Å². The van der Waals surface area contributed by atoms with Crippen LogP contribution in [0.4, 0.5) is 33.3 Å². The Morgan fingerprint density at radius 1 is 1.16 bits per heavy atom. The van der Waals surface area contributed by atoms with Crippen LogP contribution in [0.25, 0.3) is 10.1 Å². The molecule has 0 saturated carbocycles. The Hall–Kier alpha value is -3.33. The van der Waals surface area contributed by atoms with Crippen molar-refractivity contribution < 1.29 is 36.0 Å². The maximum Gasteiger partial charge on any atom is 0.393 e. The van der Waals surface area contributed by atoms with Gasteiger partial charge in [-0.2, -0.15) is 22.0 Å². The zero-order chi connectivity index (χ0) is 32.9. The zero-order valence-electron chi connectivity index (χ0n) is 25.4. The van der Waals surface area contributed by atoms with Crippen molar-refractivity contribution in [2.75, 3.05) is 64.2 Å². The molecule has 0 radical (unpaired) electrons. The number of rotatable bonds is 10. The van der Waals surface area contributed by atoms with E-state index in [1.54, 1.807) is 18.2 Å². The van der Waals surface area contributed by atoms with Gasteiger partial charge in [-0.1, -0.05) is 24.0 Å². The van der Waals surface area contributed by atoms with E-state index in [1.807, 2.05) is 30.0 Å². The average molecular weight is 671 g/mol. The van der Waals surface area contributed by atoms with E-state index in [0.29, 0.717) is 53.6 Å². The van der Waals surface area contributed by atoms with Crippen molar-refractivity contribution >= 4 is 51.2 Å². The van der Waals surface area contributed by atoms with Crippen molar-refractivity contribution in [3.63, 3.8) is 0 Å². The van der Waals surface area contributed by atoms with Crippen LogP contribution >= 0.6 is 18.5 Å². The minimum atomic E-state index is -4.46. The number of alkyl halides is 5. The first-order valence-electron chi connectivity index (χ1n) is 14.3. The van der Waals surface area contributed by atoms with Crippen LogP contribution in [0.15, 0.2) is 36.4 Å². The zero-order valence-corrected chi connectivity index (χ0v) is 27.1. The van der Waals surface area contributed by atoms with Crippen LogP contribution in [0, 0.1) is 11.8 Å². The highest BCUT2D eigenvalue weighted by atomic mass is 32.1. The third-order valence-electron chi connectivity index (χ3n) is 7.23. The molecule has 7 nitrogen and oxygen atoms in total. The number of ether oxygens (including phenoxy) is 1. The second kappa shape index (κ2) is 14.4. The van der Waals surface area contributed by atoms with Gasteiger partial charge < -0.3 is 29.7 Å². The number of nitrogens with one attached hydrogen (secondary N) is 2. The van der Waals surface area contributed by atoms with E-state index >= 15 is 0 Å². The molecule has 0 aliphatic carbocycles. The molecule has 1 aliphatic rings. The highest BCUT2D eigenvalue weighted by molar-refractivity contribution is 7.70. The molecule has 0 spiro atoms. The van der Waals surface area contributed by atoms with E-state index in [4.69, 9.17) is 0 Å². The molecule has 2 N–H and O–H groups in total. The van der Waals surface area contributed by atoms with Gasteiger partial charge in [0.15, 0.2) is 0 Å². The van der Waals surface area contributed by atoms with Gasteiger partial charge in [-0.15, -0.1) is 11.3 Å². The van der Waals surface area contributed by atoms with E-state index in [2.05, 4.69) is 27.2 Å². The molecule has 45 heavy (non-hydrogen) atoms. The maximum absolute atomic E-state index is 13.7. The number of carbonyl (C=O) groups is 1. The van der Waals surface area contributed by atoms with Crippen LogP contribution in [0.2, 0.25) is 0 Å². The number of fused-ring (bicyclic) bond motifs is 1. The van der Waals surface area contributed by atoms with Gasteiger partial charge >= 0.3 is 12.8 Å². The van der Waals surface area contributed by atoms with Crippen molar-refractivity contribution in [3.05, 3.63) is 46.8 Å². The first-order valence-corrected chi connectivity index (χ1v) is 17.7. The van der Waals surface area contributed by atoms with Gasteiger partial charge in [-0.05, 0) is 75.5 Å².